The summed E-state index contributed by atoms with van der Waals surface area (Å²) in [5.74, 6) is -0.547. The number of nitrogens with one attached hydrogen (secondary N) is 2. The molecule has 3 rings (SSSR count). The second kappa shape index (κ2) is 7.83. The topological polar surface area (TPSA) is 96.9 Å². The molecule has 8 heteroatoms. The zero-order chi connectivity index (χ0) is 18.5. The number of hydrogen-bond donors (Lipinski definition) is 2. The van der Waals surface area contributed by atoms with Crippen molar-refractivity contribution in [2.45, 2.75) is 20.3 Å². The zero-order valence-electron chi connectivity index (χ0n) is 14.3. The van der Waals surface area contributed by atoms with Crippen molar-refractivity contribution < 1.29 is 9.59 Å². The Morgan fingerprint density at radius 1 is 1.15 bits per heavy atom. The van der Waals surface area contributed by atoms with Crippen molar-refractivity contribution in [2.75, 3.05) is 10.6 Å². The second-order valence-electron chi connectivity index (χ2n) is 5.73. The first kappa shape index (κ1) is 17.7. The molecule has 0 bridgehead atoms. The SMILES string of the molecule is Cc1ccc(C)c(NC(=O)Cc2csc(NC(=O)c3cnccn3)n2)c1. The molecule has 2 amide bonds. The molecule has 2 aromatic heterocycles. The van der Waals surface area contributed by atoms with Crippen LogP contribution in [0.4, 0.5) is 10.8 Å². The number of rotatable bonds is 5. The summed E-state index contributed by atoms with van der Waals surface area (Å²) >= 11 is 1.26. The lowest BCUT2D eigenvalue weighted by atomic mass is 10.1. The Balaban J connectivity index is 1.60. The van der Waals surface area contributed by atoms with E-state index in [0.717, 1.165) is 16.8 Å². The molecule has 0 aliphatic rings. The van der Waals surface area contributed by atoms with Gasteiger partial charge in [0, 0.05) is 23.5 Å². The van der Waals surface area contributed by atoms with Crippen LogP contribution >= 0.6 is 11.3 Å². The Morgan fingerprint density at radius 2 is 2.00 bits per heavy atom. The Hall–Kier alpha value is -3.13. The molecule has 2 heterocycles. The number of aryl methyl sites for hydroxylation is 2. The van der Waals surface area contributed by atoms with E-state index in [1.165, 1.54) is 29.9 Å². The molecule has 2 N–H and O–H groups in total. The van der Waals surface area contributed by atoms with Crippen molar-refractivity contribution in [3.63, 3.8) is 0 Å². The number of anilines is 2. The van der Waals surface area contributed by atoms with Gasteiger partial charge < -0.3 is 5.32 Å². The molecule has 132 valence electrons. The van der Waals surface area contributed by atoms with Crippen molar-refractivity contribution in [2.24, 2.45) is 0 Å². The molecule has 0 saturated carbocycles. The third-order valence-corrected chi connectivity index (χ3v) is 4.38. The van der Waals surface area contributed by atoms with Crippen LogP contribution in [0, 0.1) is 13.8 Å². The lowest BCUT2D eigenvalue weighted by Crippen LogP contribution is -2.16. The monoisotopic (exact) mass is 367 g/mol. The first-order chi connectivity index (χ1) is 12.5. The molecule has 26 heavy (non-hydrogen) atoms. The van der Waals surface area contributed by atoms with Crippen LogP contribution in [0.15, 0.2) is 42.2 Å². The lowest BCUT2D eigenvalue weighted by Gasteiger charge is -2.08. The fourth-order valence-electron chi connectivity index (χ4n) is 2.25. The Labute approximate surface area is 154 Å². The summed E-state index contributed by atoms with van der Waals surface area (Å²) < 4.78 is 0. The minimum Gasteiger partial charge on any atom is -0.325 e. The summed E-state index contributed by atoms with van der Waals surface area (Å²) in [6.07, 6.45) is 4.44. The van der Waals surface area contributed by atoms with Crippen LogP contribution in [0.1, 0.15) is 27.3 Å². The maximum absolute atomic E-state index is 12.2. The highest BCUT2D eigenvalue weighted by molar-refractivity contribution is 7.14. The van der Waals surface area contributed by atoms with E-state index in [1.807, 2.05) is 32.0 Å². The molecule has 0 radical (unpaired) electrons. The molecule has 0 saturated heterocycles. The van der Waals surface area contributed by atoms with Gasteiger partial charge in [0.25, 0.3) is 5.91 Å². The highest BCUT2D eigenvalue weighted by atomic mass is 32.1. The van der Waals surface area contributed by atoms with Gasteiger partial charge in [0.15, 0.2) is 5.13 Å². The molecule has 0 fully saturated rings. The van der Waals surface area contributed by atoms with Crippen LogP contribution in [0.2, 0.25) is 0 Å². The number of aromatic nitrogens is 3. The van der Waals surface area contributed by atoms with Crippen molar-refractivity contribution in [3.8, 4) is 0 Å². The van der Waals surface area contributed by atoms with Gasteiger partial charge in [-0.15, -0.1) is 11.3 Å². The van der Waals surface area contributed by atoms with Gasteiger partial charge in [-0.25, -0.2) is 9.97 Å². The van der Waals surface area contributed by atoms with Gasteiger partial charge in [0.2, 0.25) is 5.91 Å². The van der Waals surface area contributed by atoms with E-state index < -0.39 is 0 Å². The number of benzene rings is 1. The van der Waals surface area contributed by atoms with Gasteiger partial charge in [-0.3, -0.25) is 19.9 Å². The minimum atomic E-state index is -0.390. The number of hydrogen-bond acceptors (Lipinski definition) is 6. The number of amides is 2. The first-order valence-electron chi connectivity index (χ1n) is 7.90. The molecule has 7 nitrogen and oxygen atoms in total. The van der Waals surface area contributed by atoms with Crippen molar-refractivity contribution in [1.82, 2.24) is 15.0 Å². The number of nitrogens with zero attached hydrogens (tertiary/aromatic N) is 3. The fraction of sp³-hybridized carbons (Fsp3) is 0.167. The number of carbonyl (C=O) groups excluding carboxylic acids is 2. The van der Waals surface area contributed by atoms with Crippen LogP contribution in [0.25, 0.3) is 0 Å². The smallest absolute Gasteiger partial charge is 0.277 e. The molecule has 0 atom stereocenters. The average molecular weight is 367 g/mol. The van der Waals surface area contributed by atoms with E-state index in [0.29, 0.717) is 10.8 Å². The molecular weight excluding hydrogens is 350 g/mol. The lowest BCUT2D eigenvalue weighted by molar-refractivity contribution is -0.115. The maximum Gasteiger partial charge on any atom is 0.277 e. The van der Waals surface area contributed by atoms with E-state index in [-0.39, 0.29) is 23.9 Å². The molecule has 0 spiro atoms. The van der Waals surface area contributed by atoms with Crippen molar-refractivity contribution in [3.05, 3.63) is 64.7 Å². The summed E-state index contributed by atoms with van der Waals surface area (Å²) in [5.41, 5.74) is 3.67. The van der Waals surface area contributed by atoms with Crippen molar-refractivity contribution in [1.29, 1.82) is 0 Å². The summed E-state index contributed by atoms with van der Waals surface area (Å²) in [6, 6.07) is 5.90. The van der Waals surface area contributed by atoms with Gasteiger partial charge >= 0.3 is 0 Å². The predicted molar refractivity (Wildman–Crippen MR) is 100 cm³/mol. The van der Waals surface area contributed by atoms with E-state index in [4.69, 9.17) is 0 Å². The van der Waals surface area contributed by atoms with Gasteiger partial charge in [-0.05, 0) is 31.0 Å². The molecule has 1 aromatic carbocycles. The first-order valence-corrected chi connectivity index (χ1v) is 8.78. The van der Waals surface area contributed by atoms with Gasteiger partial charge in [0.1, 0.15) is 5.69 Å². The Bertz CT molecular complexity index is 940. The van der Waals surface area contributed by atoms with Crippen LogP contribution in [-0.4, -0.2) is 26.8 Å². The van der Waals surface area contributed by atoms with Gasteiger partial charge in [0.05, 0.1) is 18.3 Å². The van der Waals surface area contributed by atoms with E-state index in [2.05, 4.69) is 25.6 Å². The highest BCUT2D eigenvalue weighted by Crippen LogP contribution is 2.19. The predicted octanol–water partition coefficient (Wildman–Crippen LogP) is 2.98. The normalized spacial score (nSPS) is 10.4. The van der Waals surface area contributed by atoms with Gasteiger partial charge in [-0.2, -0.15) is 0 Å². The maximum atomic E-state index is 12.2. The summed E-state index contributed by atoms with van der Waals surface area (Å²) in [5, 5.41) is 7.71. The highest BCUT2D eigenvalue weighted by Gasteiger charge is 2.13. The molecular formula is C18H17N5O2S. The zero-order valence-corrected chi connectivity index (χ0v) is 15.1. The Kier molecular flexibility index (Phi) is 5.33. The second-order valence-corrected chi connectivity index (χ2v) is 6.59. The largest absolute Gasteiger partial charge is 0.325 e. The van der Waals surface area contributed by atoms with E-state index in [9.17, 15) is 9.59 Å². The van der Waals surface area contributed by atoms with Crippen LogP contribution in [0.3, 0.4) is 0 Å². The standard InChI is InChI=1S/C18H17N5O2S/c1-11-3-4-12(2)14(7-11)22-16(24)8-13-10-26-18(21-13)23-17(25)15-9-19-5-6-20-15/h3-7,9-10H,8H2,1-2H3,(H,22,24)(H,21,23,25). The Morgan fingerprint density at radius 3 is 2.77 bits per heavy atom. The fourth-order valence-corrected chi connectivity index (χ4v) is 2.96. The van der Waals surface area contributed by atoms with E-state index in [1.54, 1.807) is 5.38 Å². The third kappa shape index (κ3) is 4.48. The minimum absolute atomic E-state index is 0.130. The average Bonchev–Trinajstić information content (AvgIpc) is 3.05. The summed E-state index contributed by atoms with van der Waals surface area (Å²) in [6.45, 7) is 3.92. The molecule has 0 aliphatic heterocycles. The number of carbonyl (C=O) groups is 2. The van der Waals surface area contributed by atoms with Crippen LogP contribution < -0.4 is 10.6 Å². The third-order valence-electron chi connectivity index (χ3n) is 3.58. The van der Waals surface area contributed by atoms with Crippen LogP contribution in [0.5, 0.6) is 0 Å². The number of thiazole rings is 1. The molecule has 0 aliphatic carbocycles. The summed E-state index contributed by atoms with van der Waals surface area (Å²) in [4.78, 5) is 36.3. The molecule has 3 aromatic rings. The molecule has 0 unspecified atom stereocenters. The van der Waals surface area contributed by atoms with Crippen molar-refractivity contribution >= 4 is 34.0 Å². The van der Waals surface area contributed by atoms with Gasteiger partial charge in [-0.1, -0.05) is 12.1 Å². The summed E-state index contributed by atoms with van der Waals surface area (Å²) in [7, 11) is 0. The quantitative estimate of drug-likeness (QED) is 0.723. The van der Waals surface area contributed by atoms with E-state index >= 15 is 0 Å². The van der Waals surface area contributed by atoms with Crippen LogP contribution in [-0.2, 0) is 11.2 Å².